The van der Waals surface area contributed by atoms with Crippen LogP contribution in [0.5, 0.6) is 0 Å². The van der Waals surface area contributed by atoms with Gasteiger partial charge >= 0.3 is 0 Å². The van der Waals surface area contributed by atoms with Crippen molar-refractivity contribution in [1.82, 2.24) is 4.31 Å². The Morgan fingerprint density at radius 3 is 2.88 bits per heavy atom. The fourth-order valence-corrected chi connectivity index (χ4v) is 6.23. The quantitative estimate of drug-likeness (QED) is 0.724. The lowest BCUT2D eigenvalue weighted by Crippen LogP contribution is -2.48. The van der Waals surface area contributed by atoms with Crippen LogP contribution >= 0.6 is 0 Å². The van der Waals surface area contributed by atoms with Gasteiger partial charge in [0.15, 0.2) is 0 Å². The molecule has 2 fully saturated rings. The summed E-state index contributed by atoms with van der Waals surface area (Å²) in [6.07, 6.45) is 2.68. The van der Waals surface area contributed by atoms with E-state index in [-0.39, 0.29) is 23.7 Å². The molecule has 0 N–H and O–H groups in total. The molecule has 0 amide bonds. The predicted molar refractivity (Wildman–Crippen MR) is 98.0 cm³/mol. The maximum absolute atomic E-state index is 13.5. The molecular weight excluding hydrogens is 357 g/mol. The standard InChI is InChI=1S/C19H28FNO4S/c1-15(2)25-19(8-10-24-13-19)14-26(22,23)21-9-4-7-18(21)12-16-5-3-6-17(20)11-16/h3,5-6,11,15,18H,4,7-10,12-14H2,1-2H3. The average molecular weight is 386 g/mol. The average Bonchev–Trinajstić information content (AvgIpc) is 3.16. The van der Waals surface area contributed by atoms with Crippen LogP contribution in [0.2, 0.25) is 0 Å². The number of halogens is 1. The Bertz CT molecular complexity index is 716. The van der Waals surface area contributed by atoms with E-state index in [1.54, 1.807) is 10.4 Å². The van der Waals surface area contributed by atoms with Gasteiger partial charge in [-0.15, -0.1) is 0 Å². The molecule has 0 aromatic heterocycles. The molecule has 146 valence electrons. The Hall–Kier alpha value is -1.02. The zero-order chi connectivity index (χ0) is 18.8. The number of sulfonamides is 1. The van der Waals surface area contributed by atoms with Crippen molar-refractivity contribution in [3.05, 3.63) is 35.6 Å². The predicted octanol–water partition coefficient (Wildman–Crippen LogP) is 2.75. The molecule has 7 heteroatoms. The molecule has 0 radical (unpaired) electrons. The second kappa shape index (κ2) is 7.92. The third-order valence-corrected chi connectivity index (χ3v) is 7.13. The van der Waals surface area contributed by atoms with Crippen LogP contribution in [0.4, 0.5) is 4.39 Å². The van der Waals surface area contributed by atoms with Gasteiger partial charge in [-0.3, -0.25) is 0 Å². The van der Waals surface area contributed by atoms with Gasteiger partial charge in [0, 0.05) is 25.6 Å². The van der Waals surface area contributed by atoms with Crippen molar-refractivity contribution in [3.63, 3.8) is 0 Å². The van der Waals surface area contributed by atoms with Crippen LogP contribution in [-0.2, 0) is 25.9 Å². The first-order chi connectivity index (χ1) is 12.3. The molecule has 2 unspecified atom stereocenters. The highest BCUT2D eigenvalue weighted by Crippen LogP contribution is 2.31. The molecule has 0 spiro atoms. The lowest BCUT2D eigenvalue weighted by Gasteiger charge is -2.33. The maximum atomic E-state index is 13.5. The Kier molecular flexibility index (Phi) is 6.01. The van der Waals surface area contributed by atoms with Crippen LogP contribution in [-0.4, -0.2) is 56.0 Å². The Balaban J connectivity index is 1.74. The highest BCUT2D eigenvalue weighted by molar-refractivity contribution is 7.89. The molecule has 0 aliphatic carbocycles. The van der Waals surface area contributed by atoms with Gasteiger partial charge in [-0.05, 0) is 50.8 Å². The molecule has 26 heavy (non-hydrogen) atoms. The zero-order valence-electron chi connectivity index (χ0n) is 15.5. The van der Waals surface area contributed by atoms with Crippen molar-refractivity contribution < 1.29 is 22.3 Å². The summed E-state index contributed by atoms with van der Waals surface area (Å²) in [7, 11) is -3.49. The molecule has 2 atom stereocenters. The van der Waals surface area contributed by atoms with Gasteiger partial charge in [0.25, 0.3) is 0 Å². The molecule has 1 aromatic carbocycles. The van der Waals surface area contributed by atoms with E-state index in [1.165, 1.54) is 12.1 Å². The molecule has 0 saturated carbocycles. The van der Waals surface area contributed by atoms with Gasteiger partial charge < -0.3 is 9.47 Å². The maximum Gasteiger partial charge on any atom is 0.217 e. The second-order valence-electron chi connectivity index (χ2n) is 7.65. The third kappa shape index (κ3) is 4.63. The van der Waals surface area contributed by atoms with Crippen LogP contribution < -0.4 is 0 Å². The van der Waals surface area contributed by atoms with E-state index >= 15 is 0 Å². The fraction of sp³-hybridized carbons (Fsp3) is 0.684. The summed E-state index contributed by atoms with van der Waals surface area (Å²) in [6.45, 7) is 5.17. The lowest BCUT2D eigenvalue weighted by atomic mass is 10.0. The largest absolute Gasteiger partial charge is 0.378 e. The van der Waals surface area contributed by atoms with Gasteiger partial charge in [-0.25, -0.2) is 12.8 Å². The van der Waals surface area contributed by atoms with Crippen LogP contribution in [0.3, 0.4) is 0 Å². The van der Waals surface area contributed by atoms with Crippen LogP contribution in [0, 0.1) is 5.82 Å². The van der Waals surface area contributed by atoms with E-state index in [1.807, 2.05) is 19.9 Å². The summed E-state index contributed by atoms with van der Waals surface area (Å²) < 4.78 is 52.8. The van der Waals surface area contributed by atoms with Crippen molar-refractivity contribution in [2.75, 3.05) is 25.5 Å². The molecule has 2 heterocycles. The van der Waals surface area contributed by atoms with E-state index in [2.05, 4.69) is 0 Å². The first-order valence-electron chi connectivity index (χ1n) is 9.29. The van der Waals surface area contributed by atoms with E-state index in [9.17, 15) is 12.8 Å². The minimum atomic E-state index is -3.49. The molecule has 2 aliphatic heterocycles. The monoisotopic (exact) mass is 385 g/mol. The van der Waals surface area contributed by atoms with Gasteiger partial charge in [0.2, 0.25) is 10.0 Å². The van der Waals surface area contributed by atoms with Crippen LogP contribution in [0.15, 0.2) is 24.3 Å². The Morgan fingerprint density at radius 2 is 2.23 bits per heavy atom. The van der Waals surface area contributed by atoms with E-state index < -0.39 is 15.6 Å². The zero-order valence-corrected chi connectivity index (χ0v) is 16.3. The normalized spacial score (nSPS) is 27.5. The van der Waals surface area contributed by atoms with E-state index in [0.717, 1.165) is 18.4 Å². The number of benzene rings is 1. The second-order valence-corrected chi connectivity index (χ2v) is 9.57. The molecule has 2 aliphatic rings. The van der Waals surface area contributed by atoms with Crippen molar-refractivity contribution in [3.8, 4) is 0 Å². The first-order valence-corrected chi connectivity index (χ1v) is 10.9. The minimum absolute atomic E-state index is 0.0577. The summed E-state index contributed by atoms with van der Waals surface area (Å²) in [4.78, 5) is 0. The van der Waals surface area contributed by atoms with Crippen molar-refractivity contribution in [1.29, 1.82) is 0 Å². The van der Waals surface area contributed by atoms with E-state index in [4.69, 9.17) is 9.47 Å². The number of rotatable bonds is 7. The lowest BCUT2D eigenvalue weighted by molar-refractivity contribution is -0.0675. The topological polar surface area (TPSA) is 55.8 Å². The summed E-state index contributed by atoms with van der Waals surface area (Å²) in [6, 6.07) is 6.28. The fourth-order valence-electron chi connectivity index (χ4n) is 4.06. The minimum Gasteiger partial charge on any atom is -0.378 e. The van der Waals surface area contributed by atoms with Crippen molar-refractivity contribution in [2.24, 2.45) is 0 Å². The van der Waals surface area contributed by atoms with Gasteiger partial charge in [0.05, 0.1) is 18.5 Å². The highest BCUT2D eigenvalue weighted by atomic mass is 32.2. The number of ether oxygens (including phenoxy) is 2. The first kappa shape index (κ1) is 19.7. The van der Waals surface area contributed by atoms with Crippen molar-refractivity contribution >= 4 is 10.0 Å². The van der Waals surface area contributed by atoms with Crippen LogP contribution in [0.1, 0.15) is 38.7 Å². The van der Waals surface area contributed by atoms with Crippen molar-refractivity contribution in [2.45, 2.75) is 57.3 Å². The van der Waals surface area contributed by atoms with E-state index in [0.29, 0.717) is 32.6 Å². The Morgan fingerprint density at radius 1 is 1.42 bits per heavy atom. The molecule has 5 nitrogen and oxygen atoms in total. The SMILES string of the molecule is CC(C)OC1(CS(=O)(=O)N2CCCC2Cc2cccc(F)c2)CCOC1. The highest BCUT2D eigenvalue weighted by Gasteiger charge is 2.45. The van der Waals surface area contributed by atoms with Gasteiger partial charge in [-0.2, -0.15) is 4.31 Å². The number of hydrogen-bond donors (Lipinski definition) is 0. The number of hydrogen-bond acceptors (Lipinski definition) is 4. The number of nitrogens with zero attached hydrogens (tertiary/aromatic N) is 1. The van der Waals surface area contributed by atoms with Crippen LogP contribution in [0.25, 0.3) is 0 Å². The molecular formula is C19H28FNO4S. The Labute approximate surface area is 155 Å². The molecule has 3 rings (SSSR count). The molecule has 0 bridgehead atoms. The summed E-state index contributed by atoms with van der Waals surface area (Å²) in [5.41, 5.74) is 0.0633. The summed E-state index contributed by atoms with van der Waals surface area (Å²) in [5, 5.41) is 0. The third-order valence-electron chi connectivity index (χ3n) is 5.04. The molecule has 2 saturated heterocycles. The smallest absolute Gasteiger partial charge is 0.217 e. The molecule has 1 aromatic rings. The van der Waals surface area contributed by atoms with Gasteiger partial charge in [0.1, 0.15) is 11.4 Å². The summed E-state index contributed by atoms with van der Waals surface area (Å²) in [5.74, 6) is -0.347. The summed E-state index contributed by atoms with van der Waals surface area (Å²) >= 11 is 0. The van der Waals surface area contributed by atoms with Gasteiger partial charge in [-0.1, -0.05) is 12.1 Å².